The first kappa shape index (κ1) is 90.1. The number of phosphoric ester groups is 2. The van der Waals surface area contributed by atoms with Gasteiger partial charge in [-0.25, -0.2) is 9.13 Å². The summed E-state index contributed by atoms with van der Waals surface area (Å²) in [6.45, 7) is 4.95. The maximum Gasteiger partial charge on any atom is 0.472 e. The largest absolute Gasteiger partial charge is 0.472 e. The van der Waals surface area contributed by atoms with Crippen LogP contribution in [0.5, 0.6) is 0 Å². The van der Waals surface area contributed by atoms with Crippen molar-refractivity contribution in [2.45, 2.75) is 406 Å². The lowest BCUT2D eigenvalue weighted by molar-refractivity contribution is -0.161. The third-order valence-electron chi connectivity index (χ3n) is 17.1. The Labute approximate surface area is 562 Å². The fraction of sp³-hybridized carbons (Fsp3) is 0.945. The van der Waals surface area contributed by atoms with Gasteiger partial charge < -0.3 is 33.8 Å². The second-order valence-electron chi connectivity index (χ2n) is 26.3. The zero-order valence-corrected chi connectivity index (χ0v) is 61.3. The molecule has 546 valence electrons. The molecular formula is C73H142O17P2. The van der Waals surface area contributed by atoms with E-state index in [1.165, 1.54) is 218 Å². The second kappa shape index (κ2) is 67.6. The monoisotopic (exact) mass is 1350 g/mol. The summed E-state index contributed by atoms with van der Waals surface area (Å²) in [6.07, 6.45) is 56.8. The standard InChI is InChI=1S/C73H142O17P2/c1-5-9-13-17-21-25-29-31-32-33-34-35-36-38-40-44-48-52-56-60-73(78)90-69(64-84-71(76)58-54-50-46-43-39-37-30-26-22-18-14-10-6-2)66-88-92(81,82)86-62-67(74)61-85-91(79,80)87-65-68(89-72(77)59-55-51-47-42-28-24-20-16-12-8-4)63-83-70(75)57-53-49-45-41-27-23-19-15-11-7-3/h67-69,74H,5-66H2,1-4H3,(H,79,80)(H,81,82)/t67-,68+,69+/m0/s1. The predicted molar refractivity (Wildman–Crippen MR) is 372 cm³/mol. The third-order valence-corrected chi connectivity index (χ3v) is 19.0. The molecule has 3 N–H and O–H groups in total. The fourth-order valence-electron chi connectivity index (χ4n) is 11.2. The molecule has 0 aliphatic heterocycles. The molecule has 0 aromatic rings. The number of hydrogen-bond donors (Lipinski definition) is 3. The lowest BCUT2D eigenvalue weighted by atomic mass is 10.0. The summed E-state index contributed by atoms with van der Waals surface area (Å²) < 4.78 is 68.4. The summed E-state index contributed by atoms with van der Waals surface area (Å²) in [5.74, 6) is -2.12. The van der Waals surface area contributed by atoms with Gasteiger partial charge in [-0.2, -0.15) is 0 Å². The fourth-order valence-corrected chi connectivity index (χ4v) is 12.8. The molecule has 0 aromatic carbocycles. The van der Waals surface area contributed by atoms with E-state index in [0.29, 0.717) is 25.7 Å². The Morgan fingerprint density at radius 3 is 0.641 bits per heavy atom. The van der Waals surface area contributed by atoms with Gasteiger partial charge in [-0.05, 0) is 25.7 Å². The molecule has 0 saturated heterocycles. The molecular weight excluding hydrogens is 1210 g/mol. The molecule has 0 aliphatic rings. The number of rotatable bonds is 74. The molecule has 19 heteroatoms. The van der Waals surface area contributed by atoms with Gasteiger partial charge in [0.25, 0.3) is 0 Å². The van der Waals surface area contributed by atoms with Gasteiger partial charge in [0.2, 0.25) is 0 Å². The van der Waals surface area contributed by atoms with Crippen molar-refractivity contribution < 1.29 is 80.2 Å². The molecule has 0 heterocycles. The van der Waals surface area contributed by atoms with Crippen molar-refractivity contribution in [1.82, 2.24) is 0 Å². The van der Waals surface area contributed by atoms with Crippen LogP contribution < -0.4 is 0 Å². The van der Waals surface area contributed by atoms with Gasteiger partial charge in [0.1, 0.15) is 19.3 Å². The first-order chi connectivity index (χ1) is 44.7. The maximum absolute atomic E-state index is 13.1. The Balaban J connectivity index is 5.20. The third kappa shape index (κ3) is 66.7. The van der Waals surface area contributed by atoms with Crippen LogP contribution in [0.15, 0.2) is 0 Å². The molecule has 0 saturated carbocycles. The van der Waals surface area contributed by atoms with Crippen LogP contribution in [-0.4, -0.2) is 96.7 Å². The van der Waals surface area contributed by atoms with E-state index in [-0.39, 0.29) is 25.7 Å². The number of aliphatic hydroxyl groups is 1. The molecule has 0 fully saturated rings. The molecule has 0 spiro atoms. The van der Waals surface area contributed by atoms with E-state index in [0.717, 1.165) is 89.9 Å². The Bertz CT molecular complexity index is 1760. The van der Waals surface area contributed by atoms with Crippen molar-refractivity contribution >= 4 is 39.5 Å². The van der Waals surface area contributed by atoms with E-state index in [1.807, 2.05) is 0 Å². The summed E-state index contributed by atoms with van der Waals surface area (Å²) in [6, 6.07) is 0. The molecule has 5 atom stereocenters. The highest BCUT2D eigenvalue weighted by atomic mass is 31.2. The normalized spacial score (nSPS) is 13.9. The van der Waals surface area contributed by atoms with E-state index < -0.39 is 97.5 Å². The number of carbonyl (C=O) groups is 4. The summed E-state index contributed by atoms with van der Waals surface area (Å²) in [4.78, 5) is 72.6. The Kier molecular flexibility index (Phi) is 66.2. The van der Waals surface area contributed by atoms with Crippen LogP contribution in [0.25, 0.3) is 0 Å². The topological polar surface area (TPSA) is 237 Å². The highest BCUT2D eigenvalue weighted by Gasteiger charge is 2.30. The molecule has 2 unspecified atom stereocenters. The van der Waals surface area contributed by atoms with Gasteiger partial charge in [0.15, 0.2) is 12.2 Å². The van der Waals surface area contributed by atoms with Crippen molar-refractivity contribution in [3.05, 3.63) is 0 Å². The number of hydrogen-bond acceptors (Lipinski definition) is 15. The molecule has 17 nitrogen and oxygen atoms in total. The first-order valence-corrected chi connectivity index (χ1v) is 41.3. The van der Waals surface area contributed by atoms with Gasteiger partial charge in [-0.15, -0.1) is 0 Å². The zero-order valence-electron chi connectivity index (χ0n) is 59.5. The molecule has 0 radical (unpaired) electrons. The van der Waals surface area contributed by atoms with Gasteiger partial charge in [0, 0.05) is 25.7 Å². The molecule has 0 bridgehead atoms. The van der Waals surface area contributed by atoms with E-state index in [9.17, 15) is 43.2 Å². The van der Waals surface area contributed by atoms with Crippen LogP contribution >= 0.6 is 15.6 Å². The van der Waals surface area contributed by atoms with Crippen molar-refractivity contribution in [3.8, 4) is 0 Å². The maximum atomic E-state index is 13.1. The predicted octanol–water partition coefficient (Wildman–Crippen LogP) is 21.4. The Hall–Kier alpha value is -1.94. The number of phosphoric acid groups is 2. The minimum atomic E-state index is -4.95. The summed E-state index contributed by atoms with van der Waals surface area (Å²) >= 11 is 0. The number of carbonyl (C=O) groups excluding carboxylic acids is 4. The Morgan fingerprint density at radius 2 is 0.435 bits per heavy atom. The minimum Gasteiger partial charge on any atom is -0.462 e. The first-order valence-electron chi connectivity index (χ1n) is 38.3. The van der Waals surface area contributed by atoms with Crippen molar-refractivity contribution in [1.29, 1.82) is 0 Å². The highest BCUT2D eigenvalue weighted by molar-refractivity contribution is 7.47. The number of aliphatic hydroxyl groups excluding tert-OH is 1. The second-order valence-corrected chi connectivity index (χ2v) is 29.2. The number of unbranched alkanes of at least 4 members (excludes halogenated alkanes) is 48. The van der Waals surface area contributed by atoms with Gasteiger partial charge in [-0.1, -0.05) is 336 Å². The van der Waals surface area contributed by atoms with Crippen LogP contribution in [0.3, 0.4) is 0 Å². The van der Waals surface area contributed by atoms with Crippen LogP contribution in [0.1, 0.15) is 387 Å². The average Bonchev–Trinajstić information content (AvgIpc) is 3.19. The van der Waals surface area contributed by atoms with Crippen molar-refractivity contribution in [3.63, 3.8) is 0 Å². The minimum absolute atomic E-state index is 0.107. The van der Waals surface area contributed by atoms with E-state index >= 15 is 0 Å². The molecule has 0 amide bonds. The van der Waals surface area contributed by atoms with Crippen LogP contribution in [-0.2, 0) is 65.4 Å². The molecule has 0 rings (SSSR count). The average molecular weight is 1350 g/mol. The van der Waals surface area contributed by atoms with Crippen LogP contribution in [0, 0.1) is 0 Å². The number of esters is 4. The molecule has 0 aliphatic carbocycles. The smallest absolute Gasteiger partial charge is 0.462 e. The lowest BCUT2D eigenvalue weighted by Gasteiger charge is -2.21. The SMILES string of the molecule is CCCCCCCCCCCCCCCCCCCCCC(=O)O[C@H](COC(=O)CCCCCCCCCCCCCCC)COP(=O)(O)OC[C@@H](O)COP(=O)(O)OC[C@@H](COC(=O)CCCCCCCCCCCC)OC(=O)CCCCCCCCCCCC. The van der Waals surface area contributed by atoms with Gasteiger partial charge in [0.05, 0.1) is 26.4 Å². The van der Waals surface area contributed by atoms with E-state index in [1.54, 1.807) is 0 Å². The van der Waals surface area contributed by atoms with Crippen molar-refractivity contribution in [2.24, 2.45) is 0 Å². The quantitative estimate of drug-likeness (QED) is 0.0222. The molecule has 92 heavy (non-hydrogen) atoms. The van der Waals surface area contributed by atoms with Gasteiger partial charge >= 0.3 is 39.5 Å². The zero-order chi connectivity index (χ0) is 67.5. The summed E-state index contributed by atoms with van der Waals surface area (Å²) in [5, 5.41) is 10.6. The van der Waals surface area contributed by atoms with E-state index in [4.69, 9.17) is 37.0 Å². The Morgan fingerprint density at radius 1 is 0.261 bits per heavy atom. The lowest BCUT2D eigenvalue weighted by Crippen LogP contribution is -2.30. The summed E-state index contributed by atoms with van der Waals surface area (Å²) in [7, 11) is -9.90. The van der Waals surface area contributed by atoms with Crippen LogP contribution in [0.2, 0.25) is 0 Å². The molecule has 0 aromatic heterocycles. The van der Waals surface area contributed by atoms with E-state index in [2.05, 4.69) is 27.7 Å². The van der Waals surface area contributed by atoms with Gasteiger partial charge in [-0.3, -0.25) is 37.3 Å². The van der Waals surface area contributed by atoms with Crippen molar-refractivity contribution in [2.75, 3.05) is 39.6 Å². The number of ether oxygens (including phenoxy) is 4. The highest BCUT2D eigenvalue weighted by Crippen LogP contribution is 2.45. The van der Waals surface area contributed by atoms with Crippen LogP contribution in [0.4, 0.5) is 0 Å². The summed E-state index contributed by atoms with van der Waals surface area (Å²) in [5.41, 5.74) is 0.